The molecule has 23 heavy (non-hydrogen) atoms. The summed E-state index contributed by atoms with van der Waals surface area (Å²) in [5, 5.41) is 7.35. The van der Waals surface area contributed by atoms with Crippen LogP contribution >= 0.6 is 0 Å². The molecule has 7 nitrogen and oxygen atoms in total. The second-order valence-corrected chi connectivity index (χ2v) is 4.83. The molecule has 0 fully saturated rings. The van der Waals surface area contributed by atoms with Crippen molar-refractivity contribution in [3.8, 4) is 0 Å². The van der Waals surface area contributed by atoms with Crippen LogP contribution in [0.1, 0.15) is 29.9 Å². The molecule has 0 saturated heterocycles. The van der Waals surface area contributed by atoms with Gasteiger partial charge in [-0.05, 0) is 31.0 Å². The molecule has 3 rings (SSSR count). The average Bonchev–Trinajstić information content (AvgIpc) is 3.00. The van der Waals surface area contributed by atoms with Crippen molar-refractivity contribution in [2.24, 2.45) is 0 Å². The molecule has 0 aliphatic carbocycles. The zero-order chi connectivity index (χ0) is 16.2. The van der Waals surface area contributed by atoms with Gasteiger partial charge in [-0.2, -0.15) is 4.98 Å². The van der Waals surface area contributed by atoms with Crippen LogP contribution in [0.5, 0.6) is 0 Å². The summed E-state index contributed by atoms with van der Waals surface area (Å²) in [5.41, 5.74) is 2.35. The number of hydrogen-bond acceptors (Lipinski definition) is 7. The molecule has 0 aliphatic rings. The maximum Gasteiger partial charge on any atom is 0.361 e. The van der Waals surface area contributed by atoms with E-state index in [1.807, 2.05) is 24.3 Å². The van der Waals surface area contributed by atoms with Gasteiger partial charge in [-0.3, -0.25) is 0 Å². The molecule has 1 N–H and O–H groups in total. The van der Waals surface area contributed by atoms with Crippen molar-refractivity contribution < 1.29 is 14.1 Å². The van der Waals surface area contributed by atoms with E-state index >= 15 is 0 Å². The topological polar surface area (TPSA) is 90.1 Å². The highest BCUT2D eigenvalue weighted by molar-refractivity contribution is 6.05. The Balaban J connectivity index is 2.03. The van der Waals surface area contributed by atoms with Crippen LogP contribution in [0.25, 0.3) is 11.1 Å². The number of aryl methyl sites for hydroxylation is 1. The van der Waals surface area contributed by atoms with Crippen LogP contribution in [0.2, 0.25) is 0 Å². The molecule has 0 bridgehead atoms. The summed E-state index contributed by atoms with van der Waals surface area (Å²) in [4.78, 5) is 20.2. The van der Waals surface area contributed by atoms with Gasteiger partial charge in [0.05, 0.1) is 6.61 Å². The van der Waals surface area contributed by atoms with Crippen LogP contribution in [-0.4, -0.2) is 27.7 Å². The molecule has 0 amide bonds. The number of aromatic nitrogens is 3. The van der Waals surface area contributed by atoms with Gasteiger partial charge in [0.1, 0.15) is 17.5 Å². The van der Waals surface area contributed by atoms with E-state index in [2.05, 4.69) is 27.4 Å². The number of rotatable bonds is 5. The Morgan fingerprint density at radius 2 is 2.17 bits per heavy atom. The van der Waals surface area contributed by atoms with E-state index in [4.69, 9.17) is 9.26 Å². The molecule has 2 heterocycles. The van der Waals surface area contributed by atoms with Gasteiger partial charge < -0.3 is 14.6 Å². The average molecular weight is 312 g/mol. The lowest BCUT2D eigenvalue weighted by molar-refractivity contribution is 0.0517. The first-order chi connectivity index (χ1) is 11.2. The number of fused-ring (bicyclic) bond motifs is 1. The van der Waals surface area contributed by atoms with E-state index in [1.165, 1.54) is 11.9 Å². The lowest BCUT2D eigenvalue weighted by atomic mass is 10.1. The monoisotopic (exact) mass is 312 g/mol. The Kier molecular flexibility index (Phi) is 4.18. The zero-order valence-corrected chi connectivity index (χ0v) is 12.9. The molecule has 0 atom stereocenters. The first-order valence-corrected chi connectivity index (χ1v) is 7.36. The fraction of sp³-hybridized carbons (Fsp3) is 0.250. The van der Waals surface area contributed by atoms with Crippen molar-refractivity contribution >= 4 is 28.6 Å². The summed E-state index contributed by atoms with van der Waals surface area (Å²) >= 11 is 0. The molecule has 0 spiro atoms. The van der Waals surface area contributed by atoms with Gasteiger partial charge in [-0.1, -0.05) is 24.2 Å². The highest BCUT2D eigenvalue weighted by Crippen LogP contribution is 2.27. The van der Waals surface area contributed by atoms with Crippen LogP contribution in [-0.2, 0) is 11.2 Å². The number of carbonyl (C=O) groups is 1. The van der Waals surface area contributed by atoms with Gasteiger partial charge in [0, 0.05) is 5.69 Å². The summed E-state index contributed by atoms with van der Waals surface area (Å²) in [5.74, 6) is -0.112. The minimum Gasteiger partial charge on any atom is -0.461 e. The van der Waals surface area contributed by atoms with Crippen molar-refractivity contribution in [2.45, 2.75) is 20.3 Å². The SMILES string of the molecule is CCOC(=O)c1noc2ncnc(Nc3cccc(CC)c3)c12. The standard InChI is InChI=1S/C16H16N4O3/c1-3-10-6-5-7-11(8-10)19-14-12-13(16(21)22-4-2)20-23-15(12)18-9-17-14/h5-9H,3-4H2,1-2H3,(H,17,18,19). The van der Waals surface area contributed by atoms with Crippen molar-refractivity contribution in [1.82, 2.24) is 15.1 Å². The van der Waals surface area contributed by atoms with Crippen molar-refractivity contribution in [2.75, 3.05) is 11.9 Å². The van der Waals surface area contributed by atoms with Crippen LogP contribution in [0.15, 0.2) is 35.1 Å². The zero-order valence-electron chi connectivity index (χ0n) is 12.9. The lowest BCUT2D eigenvalue weighted by Gasteiger charge is -2.08. The van der Waals surface area contributed by atoms with Gasteiger partial charge in [-0.15, -0.1) is 0 Å². The molecule has 7 heteroatoms. The Bertz CT molecular complexity index is 844. The first-order valence-electron chi connectivity index (χ1n) is 7.36. The quantitative estimate of drug-likeness (QED) is 0.724. The second kappa shape index (κ2) is 6.43. The number of nitrogens with one attached hydrogen (secondary N) is 1. The van der Waals surface area contributed by atoms with Crippen molar-refractivity contribution in [3.63, 3.8) is 0 Å². The number of esters is 1. The minimum atomic E-state index is -0.564. The first kappa shape index (κ1) is 15.0. The fourth-order valence-electron chi connectivity index (χ4n) is 2.23. The molecule has 1 aromatic carbocycles. The summed E-state index contributed by atoms with van der Waals surface area (Å²) < 4.78 is 10.1. The van der Waals surface area contributed by atoms with Gasteiger partial charge >= 0.3 is 5.97 Å². The van der Waals surface area contributed by atoms with Gasteiger partial charge in [0.25, 0.3) is 5.71 Å². The number of hydrogen-bond donors (Lipinski definition) is 1. The maximum atomic E-state index is 12.0. The predicted molar refractivity (Wildman–Crippen MR) is 84.7 cm³/mol. The van der Waals surface area contributed by atoms with Crippen LogP contribution < -0.4 is 5.32 Å². The van der Waals surface area contributed by atoms with Crippen LogP contribution in [0.3, 0.4) is 0 Å². The molecule has 2 aromatic heterocycles. The Hall–Kier alpha value is -2.96. The number of nitrogens with zero attached hydrogens (tertiary/aromatic N) is 3. The third-order valence-corrected chi connectivity index (χ3v) is 3.34. The molecule has 0 saturated carbocycles. The van der Waals surface area contributed by atoms with Gasteiger partial charge in [-0.25, -0.2) is 9.78 Å². The fourth-order valence-corrected chi connectivity index (χ4v) is 2.23. The Labute approximate surface area is 132 Å². The number of carbonyl (C=O) groups excluding carboxylic acids is 1. The van der Waals surface area contributed by atoms with E-state index < -0.39 is 5.97 Å². The number of benzene rings is 1. The predicted octanol–water partition coefficient (Wildman–Crippen LogP) is 3.10. The second-order valence-electron chi connectivity index (χ2n) is 4.83. The van der Waals surface area contributed by atoms with Gasteiger partial charge in [0.2, 0.25) is 5.69 Å². The minimum absolute atomic E-state index is 0.0663. The number of anilines is 2. The van der Waals surface area contributed by atoms with Gasteiger partial charge in [0.15, 0.2) is 0 Å². The molecule has 0 unspecified atom stereocenters. The third-order valence-electron chi connectivity index (χ3n) is 3.34. The van der Waals surface area contributed by atoms with E-state index in [9.17, 15) is 4.79 Å². The van der Waals surface area contributed by atoms with E-state index in [0.29, 0.717) is 11.2 Å². The highest BCUT2D eigenvalue weighted by atomic mass is 16.5. The number of ether oxygens (including phenoxy) is 1. The third kappa shape index (κ3) is 2.98. The maximum absolute atomic E-state index is 12.0. The largest absolute Gasteiger partial charge is 0.461 e. The molecule has 118 valence electrons. The molecular formula is C16H16N4O3. The Morgan fingerprint density at radius 3 is 2.96 bits per heavy atom. The summed E-state index contributed by atoms with van der Waals surface area (Å²) in [6, 6.07) is 7.94. The molecular weight excluding hydrogens is 296 g/mol. The lowest BCUT2D eigenvalue weighted by Crippen LogP contribution is -2.06. The smallest absolute Gasteiger partial charge is 0.361 e. The Morgan fingerprint density at radius 1 is 1.30 bits per heavy atom. The molecule has 0 radical (unpaired) electrons. The van der Waals surface area contributed by atoms with Crippen molar-refractivity contribution in [1.29, 1.82) is 0 Å². The van der Waals surface area contributed by atoms with Crippen LogP contribution in [0, 0.1) is 0 Å². The van der Waals surface area contributed by atoms with Crippen LogP contribution in [0.4, 0.5) is 11.5 Å². The van der Waals surface area contributed by atoms with E-state index in [-0.39, 0.29) is 18.0 Å². The summed E-state index contributed by atoms with van der Waals surface area (Å²) in [7, 11) is 0. The molecule has 3 aromatic rings. The van der Waals surface area contributed by atoms with E-state index in [0.717, 1.165) is 12.1 Å². The summed E-state index contributed by atoms with van der Waals surface area (Å²) in [6.45, 7) is 4.06. The molecule has 0 aliphatic heterocycles. The summed E-state index contributed by atoms with van der Waals surface area (Å²) in [6.07, 6.45) is 2.28. The normalized spacial score (nSPS) is 10.7. The van der Waals surface area contributed by atoms with Crippen molar-refractivity contribution in [3.05, 3.63) is 41.9 Å². The van der Waals surface area contributed by atoms with E-state index in [1.54, 1.807) is 6.92 Å². The highest BCUT2D eigenvalue weighted by Gasteiger charge is 2.22.